The van der Waals surface area contributed by atoms with Gasteiger partial charge in [0, 0.05) is 38.9 Å². The summed E-state index contributed by atoms with van der Waals surface area (Å²) in [4.78, 5) is 10.9. The van der Waals surface area contributed by atoms with Crippen LogP contribution in [0.15, 0.2) is 23.3 Å². The zero-order valence-electron chi connectivity index (χ0n) is 14.1. The molecule has 23 heavy (non-hydrogen) atoms. The lowest BCUT2D eigenvalue weighted by Crippen LogP contribution is -2.45. The summed E-state index contributed by atoms with van der Waals surface area (Å²) in [6.45, 7) is 7.24. The highest BCUT2D eigenvalue weighted by atomic mass is 127. The zero-order valence-corrected chi connectivity index (χ0v) is 17.1. The molecule has 0 radical (unpaired) electrons. The molecule has 1 atom stereocenters. The Labute approximate surface area is 161 Å². The number of rotatable bonds is 5. The molecule has 1 aliphatic heterocycles. The van der Waals surface area contributed by atoms with Crippen LogP contribution in [0.3, 0.4) is 0 Å². The monoisotopic (exact) mass is 451 g/mol. The lowest BCUT2D eigenvalue weighted by atomic mass is 10.1. The van der Waals surface area contributed by atoms with Gasteiger partial charge in [0.25, 0.3) is 0 Å². The third kappa shape index (κ3) is 6.33. The number of nitrogens with zero attached hydrogens (tertiary/aromatic N) is 3. The van der Waals surface area contributed by atoms with E-state index in [9.17, 15) is 0 Å². The highest BCUT2D eigenvalue weighted by Crippen LogP contribution is 2.25. The number of pyridine rings is 1. The molecular formula is C16H27ClIN5. The van der Waals surface area contributed by atoms with Crippen LogP contribution in [0.5, 0.6) is 0 Å². The van der Waals surface area contributed by atoms with Gasteiger partial charge in [-0.1, -0.05) is 25.4 Å². The molecule has 0 amide bonds. The topological polar surface area (TPSA) is 52.6 Å². The average Bonchev–Trinajstić information content (AvgIpc) is 2.94. The average molecular weight is 452 g/mol. The van der Waals surface area contributed by atoms with Gasteiger partial charge in [0.2, 0.25) is 0 Å². The molecule has 130 valence electrons. The number of hydrogen-bond donors (Lipinski definition) is 2. The van der Waals surface area contributed by atoms with E-state index < -0.39 is 0 Å². The number of hydrogen-bond acceptors (Lipinski definition) is 3. The molecule has 2 N–H and O–H groups in total. The van der Waals surface area contributed by atoms with Gasteiger partial charge in [0.05, 0.1) is 5.02 Å². The molecule has 1 unspecified atom stereocenters. The molecular weight excluding hydrogens is 425 g/mol. The van der Waals surface area contributed by atoms with Gasteiger partial charge in [-0.05, 0) is 30.9 Å². The molecule has 0 aromatic carbocycles. The Hall–Kier alpha value is -0.760. The minimum absolute atomic E-state index is 0. The summed E-state index contributed by atoms with van der Waals surface area (Å²) in [6.07, 6.45) is 3.98. The van der Waals surface area contributed by atoms with Gasteiger partial charge in [-0.2, -0.15) is 0 Å². The highest BCUT2D eigenvalue weighted by Gasteiger charge is 2.25. The Morgan fingerprint density at radius 2 is 2.30 bits per heavy atom. The fraction of sp³-hybridized carbons (Fsp3) is 0.625. The first-order chi connectivity index (χ1) is 10.6. The maximum Gasteiger partial charge on any atom is 0.191 e. The fourth-order valence-electron chi connectivity index (χ4n) is 2.55. The first-order valence-electron chi connectivity index (χ1n) is 7.92. The molecule has 5 nitrogen and oxygen atoms in total. The van der Waals surface area contributed by atoms with Crippen LogP contribution < -0.4 is 15.5 Å². The van der Waals surface area contributed by atoms with Crippen LogP contribution in [0.25, 0.3) is 0 Å². The third-order valence-electron chi connectivity index (χ3n) is 3.81. The van der Waals surface area contributed by atoms with E-state index in [-0.39, 0.29) is 24.0 Å². The van der Waals surface area contributed by atoms with Crippen LogP contribution in [0, 0.1) is 5.92 Å². The minimum Gasteiger partial charge on any atom is -0.356 e. The van der Waals surface area contributed by atoms with E-state index in [0.29, 0.717) is 17.0 Å². The number of anilines is 1. The molecule has 2 rings (SSSR count). The number of guanidine groups is 1. The summed E-state index contributed by atoms with van der Waals surface area (Å²) in [6, 6.07) is 4.11. The van der Waals surface area contributed by atoms with E-state index in [1.54, 1.807) is 6.20 Å². The summed E-state index contributed by atoms with van der Waals surface area (Å²) < 4.78 is 0. The summed E-state index contributed by atoms with van der Waals surface area (Å²) in [5.74, 6) is 2.44. The van der Waals surface area contributed by atoms with Crippen molar-refractivity contribution >= 4 is 47.4 Å². The van der Waals surface area contributed by atoms with E-state index in [0.717, 1.165) is 44.3 Å². The Balaban J connectivity index is 0.00000264. The first kappa shape index (κ1) is 20.3. The van der Waals surface area contributed by atoms with Gasteiger partial charge in [0.1, 0.15) is 5.82 Å². The predicted octanol–water partition coefficient (Wildman–Crippen LogP) is 3.14. The molecule has 1 fully saturated rings. The number of aliphatic imine (C=N–C) groups is 1. The molecule has 1 saturated heterocycles. The van der Waals surface area contributed by atoms with Crippen LogP contribution in [-0.2, 0) is 0 Å². The molecule has 2 heterocycles. The van der Waals surface area contributed by atoms with Crippen LogP contribution in [0.2, 0.25) is 5.02 Å². The SMILES string of the molecule is CN=C(NCCC(C)C)NC1CCN(c2ncccc2Cl)C1.I. The van der Waals surface area contributed by atoms with Crippen molar-refractivity contribution in [3.8, 4) is 0 Å². The summed E-state index contributed by atoms with van der Waals surface area (Å²) in [5.41, 5.74) is 0. The molecule has 1 aromatic heterocycles. The smallest absolute Gasteiger partial charge is 0.191 e. The van der Waals surface area contributed by atoms with Gasteiger partial charge in [-0.25, -0.2) is 4.98 Å². The summed E-state index contributed by atoms with van der Waals surface area (Å²) >= 11 is 6.22. The van der Waals surface area contributed by atoms with Gasteiger partial charge < -0.3 is 15.5 Å². The van der Waals surface area contributed by atoms with Crippen LogP contribution in [0.4, 0.5) is 5.82 Å². The van der Waals surface area contributed by atoms with Crippen molar-refractivity contribution < 1.29 is 0 Å². The number of halogens is 2. The quantitative estimate of drug-likeness (QED) is 0.410. The maximum absolute atomic E-state index is 6.22. The maximum atomic E-state index is 6.22. The van der Waals surface area contributed by atoms with Crippen LogP contribution >= 0.6 is 35.6 Å². The molecule has 0 aliphatic carbocycles. The second-order valence-corrected chi connectivity index (χ2v) is 6.47. The van der Waals surface area contributed by atoms with E-state index in [1.165, 1.54) is 0 Å². The molecule has 0 bridgehead atoms. The van der Waals surface area contributed by atoms with Gasteiger partial charge in [0.15, 0.2) is 5.96 Å². The van der Waals surface area contributed by atoms with Crippen molar-refractivity contribution in [2.75, 3.05) is 31.6 Å². The van der Waals surface area contributed by atoms with E-state index >= 15 is 0 Å². The van der Waals surface area contributed by atoms with Crippen LogP contribution in [-0.4, -0.2) is 43.7 Å². The van der Waals surface area contributed by atoms with Crippen molar-refractivity contribution in [3.05, 3.63) is 23.4 Å². The molecule has 1 aromatic rings. The van der Waals surface area contributed by atoms with Gasteiger partial charge >= 0.3 is 0 Å². The van der Waals surface area contributed by atoms with E-state index in [2.05, 4.69) is 39.4 Å². The number of aromatic nitrogens is 1. The lowest BCUT2D eigenvalue weighted by Gasteiger charge is -2.20. The standard InChI is InChI=1S/C16H26ClN5.HI/c1-12(2)6-9-20-16(18-3)21-13-7-10-22(11-13)15-14(17)5-4-8-19-15;/h4-5,8,12-13H,6-7,9-11H2,1-3H3,(H2,18,20,21);1H. The summed E-state index contributed by atoms with van der Waals surface area (Å²) in [5, 5.41) is 7.57. The lowest BCUT2D eigenvalue weighted by molar-refractivity contribution is 0.567. The van der Waals surface area contributed by atoms with Crippen LogP contribution in [0.1, 0.15) is 26.7 Å². The van der Waals surface area contributed by atoms with E-state index in [1.807, 2.05) is 19.2 Å². The Morgan fingerprint density at radius 1 is 1.52 bits per heavy atom. The Kier molecular flexibility index (Phi) is 8.98. The Morgan fingerprint density at radius 3 is 2.96 bits per heavy atom. The molecule has 7 heteroatoms. The predicted molar refractivity (Wildman–Crippen MR) is 109 cm³/mol. The van der Waals surface area contributed by atoms with Crippen molar-refractivity contribution in [2.24, 2.45) is 10.9 Å². The van der Waals surface area contributed by atoms with Crippen molar-refractivity contribution in [1.82, 2.24) is 15.6 Å². The number of nitrogens with one attached hydrogen (secondary N) is 2. The Bertz CT molecular complexity index is 509. The normalized spacial score (nSPS) is 18.0. The highest BCUT2D eigenvalue weighted by molar-refractivity contribution is 14.0. The first-order valence-corrected chi connectivity index (χ1v) is 8.30. The minimum atomic E-state index is 0. The van der Waals surface area contributed by atoms with Gasteiger partial charge in [-0.15, -0.1) is 24.0 Å². The van der Waals surface area contributed by atoms with E-state index in [4.69, 9.17) is 11.6 Å². The van der Waals surface area contributed by atoms with Gasteiger partial charge in [-0.3, -0.25) is 4.99 Å². The molecule has 0 spiro atoms. The third-order valence-corrected chi connectivity index (χ3v) is 4.10. The van der Waals surface area contributed by atoms with Crippen molar-refractivity contribution in [3.63, 3.8) is 0 Å². The second kappa shape index (κ2) is 10.2. The largest absolute Gasteiger partial charge is 0.356 e. The fourth-order valence-corrected chi connectivity index (χ4v) is 2.79. The summed E-state index contributed by atoms with van der Waals surface area (Å²) in [7, 11) is 1.81. The molecule has 0 saturated carbocycles. The zero-order chi connectivity index (χ0) is 15.9. The molecule has 1 aliphatic rings. The van der Waals surface area contributed by atoms with Crippen molar-refractivity contribution in [2.45, 2.75) is 32.7 Å². The van der Waals surface area contributed by atoms with Crippen molar-refractivity contribution in [1.29, 1.82) is 0 Å². The second-order valence-electron chi connectivity index (χ2n) is 6.07.